The highest BCUT2D eigenvalue weighted by atomic mass is 32.1. The molecule has 1 aromatic rings. The van der Waals surface area contributed by atoms with Crippen LogP contribution in [-0.2, 0) is 10.2 Å². The van der Waals surface area contributed by atoms with Crippen LogP contribution in [0, 0.1) is 5.92 Å². The quantitative estimate of drug-likeness (QED) is 0.899. The number of rotatable bonds is 3. The summed E-state index contributed by atoms with van der Waals surface area (Å²) in [6.45, 7) is 6.12. The molecule has 1 amide bonds. The first kappa shape index (κ1) is 15.9. The smallest absolute Gasteiger partial charge is 0.306 e. The lowest BCUT2D eigenvalue weighted by Gasteiger charge is -2.27. The lowest BCUT2D eigenvalue weighted by molar-refractivity contribution is -0.142. The fourth-order valence-electron chi connectivity index (χ4n) is 2.68. The lowest BCUT2D eigenvalue weighted by atomic mass is 9.86. The second-order valence-electron chi connectivity index (χ2n) is 6.64. The van der Waals surface area contributed by atoms with Crippen LogP contribution in [-0.4, -0.2) is 28.0 Å². The average molecular weight is 310 g/mol. The van der Waals surface area contributed by atoms with E-state index in [9.17, 15) is 9.59 Å². The summed E-state index contributed by atoms with van der Waals surface area (Å²) in [6, 6.07) is 0.0722. The Kier molecular flexibility index (Phi) is 4.66. The van der Waals surface area contributed by atoms with Crippen molar-refractivity contribution in [2.24, 2.45) is 5.92 Å². The summed E-state index contributed by atoms with van der Waals surface area (Å²) in [5.41, 5.74) is 2.37. The summed E-state index contributed by atoms with van der Waals surface area (Å²) >= 11 is 1.36. The Morgan fingerprint density at radius 3 is 2.43 bits per heavy atom. The number of carboxylic acid groups (broad SMARTS) is 1. The number of aliphatic carboxylic acids is 1. The van der Waals surface area contributed by atoms with Gasteiger partial charge in [0.2, 0.25) is 0 Å². The van der Waals surface area contributed by atoms with E-state index in [4.69, 9.17) is 5.11 Å². The maximum absolute atomic E-state index is 12.4. The topological polar surface area (TPSA) is 79.3 Å². The van der Waals surface area contributed by atoms with E-state index in [1.165, 1.54) is 11.3 Å². The molecule has 21 heavy (non-hydrogen) atoms. The fourth-order valence-corrected chi connectivity index (χ4v) is 3.58. The van der Waals surface area contributed by atoms with E-state index in [-0.39, 0.29) is 23.3 Å². The van der Waals surface area contributed by atoms with Crippen LogP contribution in [0.4, 0.5) is 0 Å². The molecule has 0 aromatic carbocycles. The highest BCUT2D eigenvalue weighted by Crippen LogP contribution is 2.28. The minimum atomic E-state index is -0.725. The molecule has 1 saturated carbocycles. The number of carboxylic acids is 1. The van der Waals surface area contributed by atoms with Gasteiger partial charge < -0.3 is 10.4 Å². The number of carbonyl (C=O) groups excluding carboxylic acids is 1. The summed E-state index contributed by atoms with van der Waals surface area (Å²) in [5, 5.41) is 12.0. The van der Waals surface area contributed by atoms with Gasteiger partial charge in [-0.3, -0.25) is 9.59 Å². The number of nitrogens with one attached hydrogen (secondary N) is 1. The van der Waals surface area contributed by atoms with Crippen molar-refractivity contribution < 1.29 is 14.7 Å². The summed E-state index contributed by atoms with van der Waals surface area (Å²) in [7, 11) is 0. The average Bonchev–Trinajstić information content (AvgIpc) is 2.88. The molecular weight excluding hydrogens is 288 g/mol. The second-order valence-corrected chi connectivity index (χ2v) is 7.50. The molecule has 1 aromatic heterocycles. The Labute approximate surface area is 128 Å². The van der Waals surface area contributed by atoms with Gasteiger partial charge in [0.1, 0.15) is 4.88 Å². The van der Waals surface area contributed by atoms with Crippen molar-refractivity contribution in [3.63, 3.8) is 0 Å². The number of amides is 1. The van der Waals surface area contributed by atoms with Gasteiger partial charge >= 0.3 is 5.97 Å². The van der Waals surface area contributed by atoms with Crippen LogP contribution in [0.2, 0.25) is 0 Å². The molecule has 2 rings (SSSR count). The second kappa shape index (κ2) is 6.13. The summed E-state index contributed by atoms with van der Waals surface area (Å²) in [6.07, 6.45) is 2.73. The third-order valence-corrected chi connectivity index (χ3v) is 4.72. The number of nitrogens with zero attached hydrogens (tertiary/aromatic N) is 1. The van der Waals surface area contributed by atoms with E-state index in [1.807, 2.05) is 20.8 Å². The van der Waals surface area contributed by atoms with Gasteiger partial charge in [-0.1, -0.05) is 20.8 Å². The van der Waals surface area contributed by atoms with Gasteiger partial charge in [-0.2, -0.15) is 0 Å². The van der Waals surface area contributed by atoms with E-state index >= 15 is 0 Å². The lowest BCUT2D eigenvalue weighted by Crippen LogP contribution is -2.39. The Hall–Kier alpha value is -1.43. The molecule has 6 heteroatoms. The van der Waals surface area contributed by atoms with Crippen LogP contribution in [0.3, 0.4) is 0 Å². The fraction of sp³-hybridized carbons (Fsp3) is 0.667. The van der Waals surface area contributed by atoms with Gasteiger partial charge in [0, 0.05) is 11.5 Å². The maximum atomic E-state index is 12.4. The number of carbonyl (C=O) groups is 2. The molecule has 0 aliphatic heterocycles. The molecule has 1 fully saturated rings. The number of hydrogen-bond donors (Lipinski definition) is 2. The van der Waals surface area contributed by atoms with Crippen LogP contribution in [0.1, 0.15) is 61.8 Å². The first-order chi connectivity index (χ1) is 9.79. The number of hydrogen-bond acceptors (Lipinski definition) is 4. The standard InChI is InChI=1S/C15H22N2O3S/c1-15(2,3)12-11(21-8-16-12)13(18)17-10-6-4-9(5-7-10)14(19)20/h8-10H,4-7H2,1-3H3,(H,17,18)(H,19,20). The van der Waals surface area contributed by atoms with Gasteiger partial charge in [-0.25, -0.2) is 4.98 Å². The van der Waals surface area contributed by atoms with Crippen molar-refractivity contribution in [3.05, 3.63) is 16.1 Å². The predicted molar refractivity (Wildman–Crippen MR) is 81.7 cm³/mol. The summed E-state index contributed by atoms with van der Waals surface area (Å²) < 4.78 is 0. The summed E-state index contributed by atoms with van der Waals surface area (Å²) in [5.74, 6) is -1.06. The molecule has 1 aliphatic carbocycles. The molecule has 116 valence electrons. The molecule has 2 N–H and O–H groups in total. The van der Waals surface area contributed by atoms with Gasteiger partial charge in [-0.05, 0) is 25.7 Å². The SMILES string of the molecule is CC(C)(C)c1ncsc1C(=O)NC1CCC(C(=O)O)CC1. The van der Waals surface area contributed by atoms with Crippen molar-refractivity contribution in [1.29, 1.82) is 0 Å². The zero-order valence-electron chi connectivity index (χ0n) is 12.7. The van der Waals surface area contributed by atoms with Gasteiger partial charge in [0.15, 0.2) is 0 Å². The minimum Gasteiger partial charge on any atom is -0.481 e. The predicted octanol–water partition coefficient (Wildman–Crippen LogP) is 2.81. The van der Waals surface area contributed by atoms with Crippen LogP contribution in [0.15, 0.2) is 5.51 Å². The van der Waals surface area contributed by atoms with Crippen LogP contribution in [0.5, 0.6) is 0 Å². The zero-order chi connectivity index (χ0) is 15.6. The zero-order valence-corrected chi connectivity index (χ0v) is 13.5. The molecule has 0 unspecified atom stereocenters. The van der Waals surface area contributed by atoms with Gasteiger partial charge in [-0.15, -0.1) is 11.3 Å². The van der Waals surface area contributed by atoms with E-state index < -0.39 is 5.97 Å². The molecular formula is C15H22N2O3S. The first-order valence-corrected chi connectivity index (χ1v) is 8.14. The first-order valence-electron chi connectivity index (χ1n) is 7.26. The van der Waals surface area contributed by atoms with Crippen molar-refractivity contribution in [2.45, 2.75) is 57.9 Å². The Morgan fingerprint density at radius 2 is 1.90 bits per heavy atom. The van der Waals surface area contributed by atoms with Gasteiger partial charge in [0.05, 0.1) is 17.1 Å². The van der Waals surface area contributed by atoms with E-state index in [0.29, 0.717) is 17.7 Å². The number of thiazole rings is 1. The van der Waals surface area contributed by atoms with Crippen molar-refractivity contribution in [1.82, 2.24) is 10.3 Å². The van der Waals surface area contributed by atoms with Gasteiger partial charge in [0.25, 0.3) is 5.91 Å². The van der Waals surface area contributed by atoms with Crippen LogP contribution in [0.25, 0.3) is 0 Å². The monoisotopic (exact) mass is 310 g/mol. The van der Waals surface area contributed by atoms with Crippen molar-refractivity contribution in [2.75, 3.05) is 0 Å². The molecule has 0 bridgehead atoms. The Morgan fingerprint density at radius 1 is 1.29 bits per heavy atom. The van der Waals surface area contributed by atoms with Crippen LogP contribution >= 0.6 is 11.3 Å². The van der Waals surface area contributed by atoms with Crippen molar-refractivity contribution >= 4 is 23.2 Å². The Bertz CT molecular complexity index is 525. The molecule has 0 radical (unpaired) electrons. The summed E-state index contributed by atoms with van der Waals surface area (Å²) in [4.78, 5) is 28.3. The molecule has 5 nitrogen and oxygen atoms in total. The highest BCUT2D eigenvalue weighted by Gasteiger charge is 2.29. The van der Waals surface area contributed by atoms with E-state index in [0.717, 1.165) is 18.5 Å². The van der Waals surface area contributed by atoms with Crippen molar-refractivity contribution in [3.8, 4) is 0 Å². The van der Waals surface area contributed by atoms with E-state index in [2.05, 4.69) is 10.3 Å². The molecule has 1 aliphatic rings. The third-order valence-electron chi connectivity index (χ3n) is 3.90. The molecule has 0 saturated heterocycles. The van der Waals surface area contributed by atoms with E-state index in [1.54, 1.807) is 5.51 Å². The highest BCUT2D eigenvalue weighted by molar-refractivity contribution is 7.11. The third kappa shape index (κ3) is 3.81. The molecule has 0 spiro atoms. The minimum absolute atomic E-state index is 0.0722. The largest absolute Gasteiger partial charge is 0.481 e. The Balaban J connectivity index is 1.97. The normalized spacial score (nSPS) is 22.8. The number of aromatic nitrogens is 1. The molecule has 0 atom stereocenters. The molecule has 1 heterocycles. The maximum Gasteiger partial charge on any atom is 0.306 e. The van der Waals surface area contributed by atoms with Crippen LogP contribution < -0.4 is 5.32 Å².